The van der Waals surface area contributed by atoms with Crippen LogP contribution >= 0.6 is 0 Å². The maximum absolute atomic E-state index is 12.5. The summed E-state index contributed by atoms with van der Waals surface area (Å²) in [6.07, 6.45) is 8.72. The zero-order valence-electron chi connectivity index (χ0n) is 13.4. The Kier molecular flexibility index (Phi) is 6.19. The molecule has 1 atom stereocenters. The second-order valence-electron chi connectivity index (χ2n) is 6.34. The van der Waals surface area contributed by atoms with E-state index in [2.05, 4.69) is 10.3 Å². The molecule has 1 aromatic rings. The molecule has 1 unspecified atom stereocenters. The van der Waals surface area contributed by atoms with Crippen LogP contribution in [0.4, 0.5) is 0 Å². The van der Waals surface area contributed by atoms with Crippen molar-refractivity contribution >= 4 is 5.91 Å². The summed E-state index contributed by atoms with van der Waals surface area (Å²) in [7, 11) is 0. The lowest BCUT2D eigenvalue weighted by Gasteiger charge is -2.24. The number of hydrogen-bond donors (Lipinski definition) is 3. The summed E-state index contributed by atoms with van der Waals surface area (Å²) in [5.74, 6) is 0.223. The average molecular weight is 305 g/mol. The van der Waals surface area contributed by atoms with Crippen LogP contribution in [0.3, 0.4) is 0 Å². The maximum atomic E-state index is 12.5. The molecule has 0 spiro atoms. The van der Waals surface area contributed by atoms with Crippen molar-refractivity contribution < 1.29 is 4.79 Å². The molecule has 0 saturated heterocycles. The molecule has 1 saturated carbocycles. The second kappa shape index (κ2) is 8.13. The van der Waals surface area contributed by atoms with E-state index in [0.29, 0.717) is 18.0 Å². The molecule has 22 heavy (non-hydrogen) atoms. The highest BCUT2D eigenvalue weighted by atomic mass is 16.2. The van der Waals surface area contributed by atoms with Gasteiger partial charge in [-0.3, -0.25) is 9.59 Å². The molecular formula is C17H27N3O2. The van der Waals surface area contributed by atoms with Crippen molar-refractivity contribution in [2.75, 3.05) is 6.54 Å². The molecule has 1 fully saturated rings. The highest BCUT2D eigenvalue weighted by Gasteiger charge is 2.27. The third-order valence-electron chi connectivity index (χ3n) is 4.64. The lowest BCUT2D eigenvalue weighted by molar-refractivity contribution is -0.126. The van der Waals surface area contributed by atoms with E-state index in [-0.39, 0.29) is 23.9 Å². The van der Waals surface area contributed by atoms with Crippen molar-refractivity contribution in [1.29, 1.82) is 0 Å². The molecule has 0 aromatic carbocycles. The fourth-order valence-corrected chi connectivity index (χ4v) is 3.33. The SMILES string of the molecule is Cc1c[nH]c(=O)c(CNC(=O)C(CN)C2CCCCCC2)c1. The molecule has 1 amide bonds. The van der Waals surface area contributed by atoms with Crippen LogP contribution in [0.25, 0.3) is 0 Å². The van der Waals surface area contributed by atoms with E-state index in [1.54, 1.807) is 6.20 Å². The Morgan fingerprint density at radius 2 is 2.05 bits per heavy atom. The van der Waals surface area contributed by atoms with Gasteiger partial charge in [-0.1, -0.05) is 25.7 Å². The highest BCUT2D eigenvalue weighted by molar-refractivity contribution is 5.79. The number of nitrogens with two attached hydrogens (primary N) is 1. The standard InChI is InChI=1S/C17H27N3O2/c1-12-8-14(16(21)19-10-12)11-20-17(22)15(9-18)13-6-4-2-3-5-7-13/h8,10,13,15H,2-7,9,11,18H2,1H3,(H,19,21)(H,20,22). The van der Waals surface area contributed by atoms with Gasteiger partial charge in [-0.2, -0.15) is 0 Å². The van der Waals surface area contributed by atoms with Gasteiger partial charge in [0.15, 0.2) is 0 Å². The van der Waals surface area contributed by atoms with Crippen molar-refractivity contribution in [1.82, 2.24) is 10.3 Å². The van der Waals surface area contributed by atoms with Crippen molar-refractivity contribution in [3.63, 3.8) is 0 Å². The molecule has 5 heteroatoms. The molecule has 0 radical (unpaired) electrons. The number of amides is 1. The van der Waals surface area contributed by atoms with E-state index in [9.17, 15) is 9.59 Å². The number of aromatic amines is 1. The summed E-state index contributed by atoms with van der Waals surface area (Å²) in [5.41, 5.74) is 7.26. The van der Waals surface area contributed by atoms with E-state index in [4.69, 9.17) is 5.73 Å². The number of aromatic nitrogens is 1. The molecule has 1 aliphatic rings. The molecule has 1 heterocycles. The summed E-state index contributed by atoms with van der Waals surface area (Å²) in [6, 6.07) is 1.81. The first-order valence-corrected chi connectivity index (χ1v) is 8.28. The zero-order chi connectivity index (χ0) is 15.9. The van der Waals surface area contributed by atoms with Gasteiger partial charge in [-0.25, -0.2) is 0 Å². The number of nitrogens with one attached hydrogen (secondary N) is 2. The van der Waals surface area contributed by atoms with Crippen molar-refractivity contribution in [3.8, 4) is 0 Å². The van der Waals surface area contributed by atoms with Gasteiger partial charge >= 0.3 is 0 Å². The number of hydrogen-bond acceptors (Lipinski definition) is 3. The van der Waals surface area contributed by atoms with Crippen LogP contribution in [-0.4, -0.2) is 17.4 Å². The van der Waals surface area contributed by atoms with E-state index in [0.717, 1.165) is 18.4 Å². The minimum Gasteiger partial charge on any atom is -0.352 e. The van der Waals surface area contributed by atoms with Crippen LogP contribution in [0, 0.1) is 18.8 Å². The summed E-state index contributed by atoms with van der Waals surface area (Å²) >= 11 is 0. The summed E-state index contributed by atoms with van der Waals surface area (Å²) in [6.45, 7) is 2.55. The predicted molar refractivity (Wildman–Crippen MR) is 87.4 cm³/mol. The first-order chi connectivity index (χ1) is 10.6. The smallest absolute Gasteiger partial charge is 0.252 e. The molecule has 5 nitrogen and oxygen atoms in total. The Labute approximate surface area is 131 Å². The Hall–Kier alpha value is -1.62. The third-order valence-corrected chi connectivity index (χ3v) is 4.64. The normalized spacial score (nSPS) is 17.7. The van der Waals surface area contributed by atoms with E-state index in [1.165, 1.54) is 25.7 Å². The number of rotatable bonds is 5. The zero-order valence-corrected chi connectivity index (χ0v) is 13.4. The predicted octanol–water partition coefficient (Wildman–Crippen LogP) is 1.84. The Morgan fingerprint density at radius 1 is 1.36 bits per heavy atom. The second-order valence-corrected chi connectivity index (χ2v) is 6.34. The number of carbonyl (C=O) groups excluding carboxylic acids is 1. The van der Waals surface area contributed by atoms with Gasteiger partial charge in [-0.15, -0.1) is 0 Å². The fraction of sp³-hybridized carbons (Fsp3) is 0.647. The maximum Gasteiger partial charge on any atom is 0.252 e. The van der Waals surface area contributed by atoms with Crippen LogP contribution in [0.15, 0.2) is 17.1 Å². The van der Waals surface area contributed by atoms with E-state index in [1.807, 2.05) is 13.0 Å². The Balaban J connectivity index is 1.96. The van der Waals surface area contributed by atoms with Gasteiger partial charge in [0.1, 0.15) is 0 Å². The molecule has 0 aliphatic heterocycles. The summed E-state index contributed by atoms with van der Waals surface area (Å²) in [5, 5.41) is 2.90. The van der Waals surface area contributed by atoms with Crippen molar-refractivity contribution in [3.05, 3.63) is 33.7 Å². The van der Waals surface area contributed by atoms with Crippen molar-refractivity contribution in [2.45, 2.75) is 52.0 Å². The van der Waals surface area contributed by atoms with Crippen LogP contribution < -0.4 is 16.6 Å². The van der Waals surface area contributed by atoms with Gasteiger partial charge < -0.3 is 16.0 Å². The molecule has 1 aromatic heterocycles. The first kappa shape index (κ1) is 16.7. The molecule has 4 N–H and O–H groups in total. The number of aryl methyl sites for hydroxylation is 1. The van der Waals surface area contributed by atoms with Crippen molar-refractivity contribution in [2.24, 2.45) is 17.6 Å². The number of carbonyl (C=O) groups is 1. The minimum atomic E-state index is -0.148. The molecular weight excluding hydrogens is 278 g/mol. The van der Waals surface area contributed by atoms with Crippen LogP contribution in [0.1, 0.15) is 49.7 Å². The third kappa shape index (κ3) is 4.44. The molecule has 122 valence electrons. The average Bonchev–Trinajstić information content (AvgIpc) is 2.78. The molecule has 1 aliphatic carbocycles. The van der Waals surface area contributed by atoms with Crippen LogP contribution in [0.2, 0.25) is 0 Å². The van der Waals surface area contributed by atoms with Gasteiger partial charge in [0.25, 0.3) is 5.56 Å². The number of H-pyrrole nitrogens is 1. The lowest BCUT2D eigenvalue weighted by Crippen LogP contribution is -2.39. The number of pyridine rings is 1. The minimum absolute atomic E-state index is 0.0182. The topological polar surface area (TPSA) is 88.0 Å². The van der Waals surface area contributed by atoms with Gasteiger partial charge in [-0.05, 0) is 37.3 Å². The largest absolute Gasteiger partial charge is 0.352 e. The van der Waals surface area contributed by atoms with Crippen LogP contribution in [0.5, 0.6) is 0 Å². The first-order valence-electron chi connectivity index (χ1n) is 8.28. The van der Waals surface area contributed by atoms with E-state index >= 15 is 0 Å². The summed E-state index contributed by atoms with van der Waals surface area (Å²) in [4.78, 5) is 26.9. The lowest BCUT2D eigenvalue weighted by atomic mass is 9.85. The highest BCUT2D eigenvalue weighted by Crippen LogP contribution is 2.28. The van der Waals surface area contributed by atoms with Gasteiger partial charge in [0.2, 0.25) is 5.91 Å². The molecule has 2 rings (SSSR count). The fourth-order valence-electron chi connectivity index (χ4n) is 3.33. The molecule has 0 bridgehead atoms. The van der Waals surface area contributed by atoms with Crippen LogP contribution in [-0.2, 0) is 11.3 Å². The van der Waals surface area contributed by atoms with E-state index < -0.39 is 0 Å². The monoisotopic (exact) mass is 305 g/mol. The Morgan fingerprint density at radius 3 is 2.68 bits per heavy atom. The summed E-state index contributed by atoms with van der Waals surface area (Å²) < 4.78 is 0. The van der Waals surface area contributed by atoms with Gasteiger partial charge in [0.05, 0.1) is 5.92 Å². The Bertz CT molecular complexity index is 545. The quantitative estimate of drug-likeness (QED) is 0.725. The van der Waals surface area contributed by atoms with Gasteiger partial charge in [0, 0.05) is 24.8 Å².